The molecule has 2 aromatic carbocycles. The van der Waals surface area contributed by atoms with Gasteiger partial charge in [-0.2, -0.15) is 5.10 Å². The highest BCUT2D eigenvalue weighted by Crippen LogP contribution is 2.15. The maximum atomic E-state index is 11.8. The topological polar surface area (TPSA) is 70.6 Å². The minimum absolute atomic E-state index is 0.456. The fraction of sp³-hybridized carbons (Fsp3) is 0.167. The van der Waals surface area contributed by atoms with Crippen molar-refractivity contribution in [2.45, 2.75) is 19.8 Å². The first-order valence-corrected chi connectivity index (χ1v) is 8.25. The molecule has 6 heteroatoms. The molecule has 0 fully saturated rings. The molecule has 0 spiro atoms. The zero-order valence-corrected chi connectivity index (χ0v) is 15.0. The number of carbonyl (C=O) groups excluding carboxylic acids is 2. The smallest absolute Gasteiger partial charge is 0.318 e. The molecule has 5 nitrogen and oxygen atoms in total. The second-order valence-electron chi connectivity index (χ2n) is 5.48. The molecule has 0 unspecified atom stereocenters. The Labute approximate surface area is 149 Å². The predicted octanol–water partition coefficient (Wildman–Crippen LogP) is 3.66. The summed E-state index contributed by atoms with van der Waals surface area (Å²) in [7, 11) is 0. The van der Waals surface area contributed by atoms with E-state index >= 15 is 0 Å². The molecule has 2 amide bonds. The first kappa shape index (κ1) is 17.9. The minimum Gasteiger partial charge on any atom is -0.318 e. The molecule has 0 radical (unpaired) electrons. The lowest BCUT2D eigenvalue weighted by Gasteiger charge is -2.05. The number of benzene rings is 2. The summed E-state index contributed by atoms with van der Waals surface area (Å²) in [6.45, 7) is 4.24. The highest BCUT2D eigenvalue weighted by atomic mass is 79.9. The van der Waals surface area contributed by atoms with Crippen LogP contribution < -0.4 is 10.7 Å². The van der Waals surface area contributed by atoms with Gasteiger partial charge in [-0.3, -0.25) is 9.59 Å². The van der Waals surface area contributed by atoms with Crippen molar-refractivity contribution in [1.82, 2.24) is 5.43 Å². The number of carbonyl (C=O) groups is 2. The summed E-state index contributed by atoms with van der Waals surface area (Å²) in [6, 6.07) is 14.8. The van der Waals surface area contributed by atoms with Crippen LogP contribution in [0.15, 0.2) is 58.1 Å². The standard InChI is InChI=1S/C18H18BrN3O2/c1-12(2)14-8-6-13(7-9-14)11-20-22-18(24)17(23)21-16-5-3-4-15(19)10-16/h3-12H,1-2H3,(H,21,23)(H,22,24)/b20-11+. The molecule has 0 aromatic heterocycles. The Morgan fingerprint density at radius 1 is 1.08 bits per heavy atom. The highest BCUT2D eigenvalue weighted by molar-refractivity contribution is 9.10. The van der Waals surface area contributed by atoms with Gasteiger partial charge in [0.1, 0.15) is 0 Å². The monoisotopic (exact) mass is 387 g/mol. The van der Waals surface area contributed by atoms with Crippen LogP contribution in [0.3, 0.4) is 0 Å². The molecule has 0 aliphatic heterocycles. The summed E-state index contributed by atoms with van der Waals surface area (Å²) in [5, 5.41) is 6.30. The normalized spacial score (nSPS) is 10.8. The molecule has 0 saturated carbocycles. The summed E-state index contributed by atoms with van der Waals surface area (Å²) in [5.41, 5.74) is 4.80. The first-order chi connectivity index (χ1) is 11.5. The summed E-state index contributed by atoms with van der Waals surface area (Å²) in [5.74, 6) is -1.15. The quantitative estimate of drug-likeness (QED) is 0.477. The Morgan fingerprint density at radius 2 is 1.79 bits per heavy atom. The number of hydrogen-bond acceptors (Lipinski definition) is 3. The van der Waals surface area contributed by atoms with E-state index in [0.717, 1.165) is 10.0 Å². The van der Waals surface area contributed by atoms with Crippen LogP contribution >= 0.6 is 15.9 Å². The zero-order chi connectivity index (χ0) is 17.5. The summed E-state index contributed by atoms with van der Waals surface area (Å²) < 4.78 is 0.809. The fourth-order valence-corrected chi connectivity index (χ4v) is 2.34. The van der Waals surface area contributed by atoms with Crippen LogP contribution in [0.25, 0.3) is 0 Å². The zero-order valence-electron chi connectivity index (χ0n) is 13.4. The van der Waals surface area contributed by atoms with Crippen molar-refractivity contribution in [1.29, 1.82) is 0 Å². The van der Waals surface area contributed by atoms with E-state index in [9.17, 15) is 9.59 Å². The van der Waals surface area contributed by atoms with Crippen LogP contribution in [0.1, 0.15) is 30.9 Å². The van der Waals surface area contributed by atoms with Gasteiger partial charge in [0.25, 0.3) is 0 Å². The van der Waals surface area contributed by atoms with Crippen LogP contribution in [0.4, 0.5) is 5.69 Å². The van der Waals surface area contributed by atoms with E-state index in [-0.39, 0.29) is 0 Å². The Kier molecular flexibility index (Phi) is 6.26. The molecule has 2 N–H and O–H groups in total. The van der Waals surface area contributed by atoms with Crippen LogP contribution in [0.2, 0.25) is 0 Å². The Morgan fingerprint density at radius 3 is 2.42 bits per heavy atom. The lowest BCUT2D eigenvalue weighted by Crippen LogP contribution is -2.32. The lowest BCUT2D eigenvalue weighted by atomic mass is 10.0. The largest absolute Gasteiger partial charge is 0.329 e. The van der Waals surface area contributed by atoms with E-state index in [0.29, 0.717) is 11.6 Å². The molecule has 0 saturated heterocycles. The van der Waals surface area contributed by atoms with E-state index in [1.165, 1.54) is 11.8 Å². The van der Waals surface area contributed by atoms with Gasteiger partial charge < -0.3 is 5.32 Å². The van der Waals surface area contributed by atoms with E-state index in [1.54, 1.807) is 18.2 Å². The molecule has 0 heterocycles. The SMILES string of the molecule is CC(C)c1ccc(/C=N/NC(=O)C(=O)Nc2cccc(Br)c2)cc1. The second-order valence-corrected chi connectivity index (χ2v) is 6.40. The maximum absolute atomic E-state index is 11.8. The number of halogens is 1. The van der Waals surface area contributed by atoms with Gasteiger partial charge in [-0.15, -0.1) is 0 Å². The van der Waals surface area contributed by atoms with Gasteiger partial charge >= 0.3 is 11.8 Å². The van der Waals surface area contributed by atoms with Gasteiger partial charge in [-0.25, -0.2) is 5.43 Å². The molecule has 0 bridgehead atoms. The summed E-state index contributed by atoms with van der Waals surface area (Å²) in [6.07, 6.45) is 1.49. The van der Waals surface area contributed by atoms with Gasteiger partial charge in [0.2, 0.25) is 0 Å². The van der Waals surface area contributed by atoms with Gasteiger partial charge in [-0.05, 0) is 35.2 Å². The van der Waals surface area contributed by atoms with Crippen LogP contribution in [-0.4, -0.2) is 18.0 Å². The molecule has 0 aliphatic rings. The molecule has 24 heavy (non-hydrogen) atoms. The maximum Gasteiger partial charge on any atom is 0.329 e. The second kappa shape index (κ2) is 8.40. The van der Waals surface area contributed by atoms with Gasteiger partial charge in [0.15, 0.2) is 0 Å². The summed E-state index contributed by atoms with van der Waals surface area (Å²) in [4.78, 5) is 23.5. The summed E-state index contributed by atoms with van der Waals surface area (Å²) >= 11 is 3.30. The number of hydrogen-bond donors (Lipinski definition) is 2. The number of hydrazone groups is 1. The van der Waals surface area contributed by atoms with Gasteiger partial charge in [0, 0.05) is 10.2 Å². The number of nitrogens with one attached hydrogen (secondary N) is 2. The van der Waals surface area contributed by atoms with Crippen molar-refractivity contribution in [3.05, 3.63) is 64.1 Å². The lowest BCUT2D eigenvalue weighted by molar-refractivity contribution is -0.136. The van der Waals surface area contributed by atoms with Crippen LogP contribution in [0.5, 0.6) is 0 Å². The van der Waals surface area contributed by atoms with Crippen molar-refractivity contribution >= 4 is 39.6 Å². The third-order valence-corrected chi connectivity index (χ3v) is 3.76. The highest BCUT2D eigenvalue weighted by Gasteiger charge is 2.12. The van der Waals surface area contributed by atoms with E-state index < -0.39 is 11.8 Å². The number of nitrogens with zero attached hydrogens (tertiary/aromatic N) is 1. The third kappa shape index (κ3) is 5.31. The van der Waals surface area contributed by atoms with Crippen molar-refractivity contribution in [2.24, 2.45) is 5.10 Å². The van der Waals surface area contributed by atoms with Crippen molar-refractivity contribution in [2.75, 3.05) is 5.32 Å². The number of rotatable bonds is 4. The van der Waals surface area contributed by atoms with Gasteiger partial charge in [-0.1, -0.05) is 60.1 Å². The Hall–Kier alpha value is -2.47. The van der Waals surface area contributed by atoms with E-state index in [1.807, 2.05) is 30.3 Å². The average molecular weight is 388 g/mol. The molecule has 124 valence electrons. The molecule has 0 aliphatic carbocycles. The third-order valence-electron chi connectivity index (χ3n) is 3.27. The number of amides is 2. The Balaban J connectivity index is 1.88. The first-order valence-electron chi connectivity index (χ1n) is 7.45. The molecule has 2 aromatic rings. The minimum atomic E-state index is -0.829. The molecule has 2 rings (SSSR count). The average Bonchev–Trinajstić information content (AvgIpc) is 2.55. The molecular formula is C18H18BrN3O2. The molecule has 0 atom stereocenters. The Bertz CT molecular complexity index is 755. The number of anilines is 1. The van der Waals surface area contributed by atoms with E-state index in [2.05, 4.69) is 45.6 Å². The van der Waals surface area contributed by atoms with Gasteiger partial charge in [0.05, 0.1) is 6.21 Å². The molecular weight excluding hydrogens is 370 g/mol. The predicted molar refractivity (Wildman–Crippen MR) is 99.0 cm³/mol. The van der Waals surface area contributed by atoms with Crippen molar-refractivity contribution < 1.29 is 9.59 Å². The van der Waals surface area contributed by atoms with E-state index in [4.69, 9.17) is 0 Å². The fourth-order valence-electron chi connectivity index (χ4n) is 1.94. The van der Waals surface area contributed by atoms with Crippen LogP contribution in [0, 0.1) is 0 Å². The van der Waals surface area contributed by atoms with Crippen LogP contribution in [-0.2, 0) is 9.59 Å². The van der Waals surface area contributed by atoms with Crippen molar-refractivity contribution in [3.8, 4) is 0 Å². The van der Waals surface area contributed by atoms with Crippen molar-refractivity contribution in [3.63, 3.8) is 0 Å².